The van der Waals surface area contributed by atoms with Crippen LogP contribution in [0.2, 0.25) is 5.02 Å². The van der Waals surface area contributed by atoms with Gasteiger partial charge in [0.05, 0.1) is 0 Å². The molecule has 1 heterocycles. The number of likely N-dealkylation sites (tertiary alicyclic amines) is 1. The minimum absolute atomic E-state index is 0.453. The molecule has 4 nitrogen and oxygen atoms in total. The van der Waals surface area contributed by atoms with E-state index in [4.69, 9.17) is 11.6 Å². The van der Waals surface area contributed by atoms with E-state index < -0.39 is 0 Å². The molecular formula is C21H31ClN4. The van der Waals surface area contributed by atoms with E-state index in [1.807, 2.05) is 12.1 Å². The lowest BCUT2D eigenvalue weighted by atomic mass is 10.0. The number of nitrogens with one attached hydrogen (secondary N) is 2. The molecule has 0 bridgehead atoms. The lowest BCUT2D eigenvalue weighted by Crippen LogP contribution is -2.49. The zero-order valence-electron chi connectivity index (χ0n) is 16.0. The van der Waals surface area contributed by atoms with Crippen LogP contribution in [-0.2, 0) is 0 Å². The highest BCUT2D eigenvalue weighted by Crippen LogP contribution is 2.41. The number of hydrogen-bond acceptors (Lipinski definition) is 2. The molecule has 1 aromatic carbocycles. The molecule has 2 fully saturated rings. The third-order valence-corrected chi connectivity index (χ3v) is 5.36. The normalized spacial score (nSPS) is 24.3. The maximum atomic E-state index is 6.13. The molecule has 2 aliphatic rings. The molecule has 2 atom stereocenters. The van der Waals surface area contributed by atoms with Crippen LogP contribution in [0.4, 0.5) is 0 Å². The monoisotopic (exact) mass is 374 g/mol. The minimum Gasteiger partial charge on any atom is -0.354 e. The van der Waals surface area contributed by atoms with Crippen LogP contribution in [0.5, 0.6) is 0 Å². The molecular weight excluding hydrogens is 344 g/mol. The van der Waals surface area contributed by atoms with E-state index in [2.05, 4.69) is 53.1 Å². The zero-order valence-corrected chi connectivity index (χ0v) is 16.7. The zero-order chi connectivity index (χ0) is 18.5. The molecule has 1 aliphatic heterocycles. The van der Waals surface area contributed by atoms with Gasteiger partial charge in [0.15, 0.2) is 5.96 Å². The Hall–Kier alpha value is -1.52. The summed E-state index contributed by atoms with van der Waals surface area (Å²) < 4.78 is 0. The summed E-state index contributed by atoms with van der Waals surface area (Å²) in [5.74, 6) is 1.50. The molecule has 3 rings (SSSR count). The largest absolute Gasteiger partial charge is 0.354 e. The standard InChI is InChI=1S/C21H31ClN4/c1-4-23-21(24-18-8-10-26(11-9-18)14-15(2)3)25-20-13-19(20)16-6-5-7-17(22)12-16/h5-7,12,18-20H,2,4,8-11,13-14H2,1,3H3,(H2,23,24,25). The fourth-order valence-corrected chi connectivity index (χ4v) is 3.94. The summed E-state index contributed by atoms with van der Waals surface area (Å²) in [6.07, 6.45) is 3.45. The van der Waals surface area contributed by atoms with Crippen LogP contribution in [0.3, 0.4) is 0 Å². The van der Waals surface area contributed by atoms with Crippen LogP contribution in [0, 0.1) is 0 Å². The van der Waals surface area contributed by atoms with E-state index in [1.165, 1.54) is 11.1 Å². The second-order valence-electron chi connectivity index (χ2n) is 7.62. The summed E-state index contributed by atoms with van der Waals surface area (Å²) in [7, 11) is 0. The van der Waals surface area contributed by atoms with Crippen molar-refractivity contribution in [3.05, 3.63) is 47.0 Å². The molecule has 1 aliphatic carbocycles. The predicted octanol–water partition coefficient (Wildman–Crippen LogP) is 3.79. The molecule has 5 heteroatoms. The van der Waals surface area contributed by atoms with Gasteiger partial charge in [-0.05, 0) is 50.8 Å². The first kappa shape index (κ1) is 19.2. The second-order valence-corrected chi connectivity index (χ2v) is 8.06. The van der Waals surface area contributed by atoms with Crippen LogP contribution >= 0.6 is 11.6 Å². The summed E-state index contributed by atoms with van der Waals surface area (Å²) >= 11 is 6.13. The Morgan fingerprint density at radius 3 is 2.73 bits per heavy atom. The second kappa shape index (κ2) is 8.92. The van der Waals surface area contributed by atoms with Crippen molar-refractivity contribution in [1.29, 1.82) is 0 Å². The van der Waals surface area contributed by atoms with Crippen LogP contribution in [0.15, 0.2) is 41.4 Å². The molecule has 2 unspecified atom stereocenters. The Bertz CT molecular complexity index is 649. The van der Waals surface area contributed by atoms with Crippen molar-refractivity contribution in [3.63, 3.8) is 0 Å². The maximum absolute atomic E-state index is 6.13. The summed E-state index contributed by atoms with van der Waals surface area (Å²) in [6, 6.07) is 9.16. The third kappa shape index (κ3) is 5.49. The number of nitrogens with zero attached hydrogens (tertiary/aromatic N) is 2. The molecule has 26 heavy (non-hydrogen) atoms. The number of guanidine groups is 1. The number of halogens is 1. The Morgan fingerprint density at radius 2 is 2.08 bits per heavy atom. The first-order valence-electron chi connectivity index (χ1n) is 9.75. The Balaban J connectivity index is 1.48. The molecule has 1 saturated carbocycles. The fraction of sp³-hybridized carbons (Fsp3) is 0.571. The Kier molecular flexibility index (Phi) is 6.60. The molecule has 2 N–H and O–H groups in total. The molecule has 0 aromatic heterocycles. The van der Waals surface area contributed by atoms with Gasteiger partial charge in [-0.15, -0.1) is 0 Å². The van der Waals surface area contributed by atoms with Crippen molar-refractivity contribution in [2.24, 2.45) is 4.99 Å². The van der Waals surface area contributed by atoms with Gasteiger partial charge in [-0.1, -0.05) is 35.9 Å². The van der Waals surface area contributed by atoms with Crippen LogP contribution in [0.25, 0.3) is 0 Å². The first-order valence-corrected chi connectivity index (χ1v) is 10.1. The summed E-state index contributed by atoms with van der Waals surface area (Å²) in [6.45, 7) is 12.3. The molecule has 142 valence electrons. The van der Waals surface area contributed by atoms with E-state index in [0.29, 0.717) is 18.0 Å². The number of hydrogen-bond donors (Lipinski definition) is 2. The van der Waals surface area contributed by atoms with Gasteiger partial charge in [-0.3, -0.25) is 9.89 Å². The highest BCUT2D eigenvalue weighted by molar-refractivity contribution is 6.30. The van der Waals surface area contributed by atoms with Crippen molar-refractivity contribution in [2.45, 2.75) is 51.1 Å². The smallest absolute Gasteiger partial charge is 0.191 e. The van der Waals surface area contributed by atoms with Crippen molar-refractivity contribution < 1.29 is 0 Å². The maximum Gasteiger partial charge on any atom is 0.191 e. The average molecular weight is 375 g/mol. The third-order valence-electron chi connectivity index (χ3n) is 5.13. The van der Waals surface area contributed by atoms with Gasteiger partial charge in [0.25, 0.3) is 0 Å². The van der Waals surface area contributed by atoms with Crippen LogP contribution in [-0.4, -0.2) is 49.1 Å². The molecule has 0 radical (unpaired) electrons. The van der Waals surface area contributed by atoms with E-state index in [0.717, 1.165) is 56.4 Å². The summed E-state index contributed by atoms with van der Waals surface area (Å²) in [5, 5.41) is 8.08. The summed E-state index contributed by atoms with van der Waals surface area (Å²) in [4.78, 5) is 7.14. The van der Waals surface area contributed by atoms with Crippen molar-refractivity contribution >= 4 is 17.6 Å². The predicted molar refractivity (Wildman–Crippen MR) is 111 cm³/mol. The lowest BCUT2D eigenvalue weighted by molar-refractivity contribution is 0.221. The van der Waals surface area contributed by atoms with E-state index in [-0.39, 0.29) is 0 Å². The van der Waals surface area contributed by atoms with Crippen molar-refractivity contribution in [3.8, 4) is 0 Å². The van der Waals surface area contributed by atoms with E-state index in [9.17, 15) is 0 Å². The lowest BCUT2D eigenvalue weighted by Gasteiger charge is -2.33. The van der Waals surface area contributed by atoms with Gasteiger partial charge in [0.2, 0.25) is 0 Å². The van der Waals surface area contributed by atoms with Gasteiger partial charge >= 0.3 is 0 Å². The average Bonchev–Trinajstić information content (AvgIpc) is 3.35. The molecule has 1 aromatic rings. The number of benzene rings is 1. The van der Waals surface area contributed by atoms with Crippen molar-refractivity contribution in [1.82, 2.24) is 15.5 Å². The van der Waals surface area contributed by atoms with Gasteiger partial charge in [0, 0.05) is 49.2 Å². The quantitative estimate of drug-likeness (QED) is 0.452. The molecule has 0 amide bonds. The van der Waals surface area contributed by atoms with Gasteiger partial charge in [-0.25, -0.2) is 0 Å². The van der Waals surface area contributed by atoms with Crippen LogP contribution in [0.1, 0.15) is 44.6 Å². The topological polar surface area (TPSA) is 39.7 Å². The van der Waals surface area contributed by atoms with E-state index >= 15 is 0 Å². The van der Waals surface area contributed by atoms with Gasteiger partial charge in [-0.2, -0.15) is 0 Å². The number of aliphatic imine (C=N–C) groups is 1. The highest BCUT2D eigenvalue weighted by atomic mass is 35.5. The van der Waals surface area contributed by atoms with E-state index in [1.54, 1.807) is 0 Å². The highest BCUT2D eigenvalue weighted by Gasteiger charge is 2.39. The van der Waals surface area contributed by atoms with Gasteiger partial charge in [0.1, 0.15) is 0 Å². The van der Waals surface area contributed by atoms with Crippen molar-refractivity contribution in [2.75, 3.05) is 26.2 Å². The fourth-order valence-electron chi connectivity index (χ4n) is 3.74. The Morgan fingerprint density at radius 1 is 1.31 bits per heavy atom. The SMILES string of the molecule is C=C(C)CN1CCC(NC(=NCC)NC2CC2c2cccc(Cl)c2)CC1. The number of piperidine rings is 1. The molecule has 1 saturated heterocycles. The first-order chi connectivity index (χ1) is 12.5. The van der Waals surface area contributed by atoms with Crippen LogP contribution < -0.4 is 10.6 Å². The molecule has 0 spiro atoms. The van der Waals surface area contributed by atoms with Gasteiger partial charge < -0.3 is 10.6 Å². The summed E-state index contributed by atoms with van der Waals surface area (Å²) in [5.41, 5.74) is 2.56. The minimum atomic E-state index is 0.453. The number of rotatable bonds is 6. The Labute approximate surface area is 162 Å².